The number of hydrogen-bond acceptors (Lipinski definition) is 4. The summed E-state index contributed by atoms with van der Waals surface area (Å²) in [5.41, 5.74) is 1.70. The third-order valence-electron chi connectivity index (χ3n) is 4.33. The summed E-state index contributed by atoms with van der Waals surface area (Å²) < 4.78 is 5.48. The Labute approximate surface area is 151 Å². The van der Waals surface area contributed by atoms with Gasteiger partial charge in [0.25, 0.3) is 11.8 Å². The quantitative estimate of drug-likeness (QED) is 0.862. The zero-order valence-corrected chi connectivity index (χ0v) is 15.2. The molecule has 132 valence electrons. The van der Waals surface area contributed by atoms with Crippen molar-refractivity contribution in [2.24, 2.45) is 5.92 Å². The number of fused-ring (bicyclic) bond motifs is 1. The van der Waals surface area contributed by atoms with Gasteiger partial charge in [-0.05, 0) is 42.9 Å². The van der Waals surface area contributed by atoms with Crippen LogP contribution in [0.15, 0.2) is 30.3 Å². The first-order valence-electron chi connectivity index (χ1n) is 8.42. The van der Waals surface area contributed by atoms with Gasteiger partial charge in [-0.15, -0.1) is 11.3 Å². The van der Waals surface area contributed by atoms with Crippen LogP contribution in [0.3, 0.4) is 0 Å². The molecule has 1 aliphatic carbocycles. The Morgan fingerprint density at radius 1 is 1.28 bits per heavy atom. The van der Waals surface area contributed by atoms with E-state index in [9.17, 15) is 9.59 Å². The second kappa shape index (κ2) is 7.70. The number of amides is 2. The predicted molar refractivity (Wildman–Crippen MR) is 99.5 cm³/mol. The average Bonchev–Trinajstić information content (AvgIpc) is 2.97. The van der Waals surface area contributed by atoms with E-state index in [4.69, 9.17) is 4.74 Å². The van der Waals surface area contributed by atoms with Crippen LogP contribution in [0.1, 0.15) is 34.1 Å². The summed E-state index contributed by atoms with van der Waals surface area (Å²) in [6.07, 6.45) is 2.91. The van der Waals surface area contributed by atoms with E-state index in [0.29, 0.717) is 22.2 Å². The first-order valence-corrected chi connectivity index (χ1v) is 9.24. The van der Waals surface area contributed by atoms with Gasteiger partial charge in [-0.3, -0.25) is 9.59 Å². The lowest BCUT2D eigenvalue weighted by Crippen LogP contribution is -2.24. The van der Waals surface area contributed by atoms with Gasteiger partial charge in [-0.25, -0.2) is 0 Å². The molecule has 0 fully saturated rings. The molecule has 5 nitrogen and oxygen atoms in total. The lowest BCUT2D eigenvalue weighted by molar-refractivity contribution is -0.118. The number of ether oxygens (including phenoxy) is 1. The zero-order chi connectivity index (χ0) is 17.8. The Morgan fingerprint density at radius 3 is 2.76 bits per heavy atom. The lowest BCUT2D eigenvalue weighted by Gasteiger charge is -2.18. The molecule has 1 atom stereocenters. The molecule has 0 radical (unpaired) electrons. The van der Waals surface area contributed by atoms with Gasteiger partial charge in [0.05, 0.1) is 5.56 Å². The van der Waals surface area contributed by atoms with Crippen LogP contribution in [0.5, 0.6) is 5.75 Å². The van der Waals surface area contributed by atoms with Crippen molar-refractivity contribution < 1.29 is 14.3 Å². The maximum atomic E-state index is 12.3. The normalized spacial score (nSPS) is 16.0. The Kier molecular flexibility index (Phi) is 5.38. The summed E-state index contributed by atoms with van der Waals surface area (Å²) in [6, 6.07) is 9.19. The Bertz CT molecular complexity index is 770. The standard InChI is InChI=1S/C19H22N2O3S/c1-12-8-9-14-15(10-12)25-19(17(14)18(23)20-2)21-16(22)11-24-13-6-4-3-5-7-13/h3-7,12H,8-11H2,1-2H3,(H,20,23)(H,21,22)/t12-/m1/s1. The SMILES string of the molecule is CNC(=O)c1c(NC(=O)COc2ccccc2)sc2c1CC[C@@H](C)C2. The lowest BCUT2D eigenvalue weighted by atomic mass is 9.88. The molecule has 0 spiro atoms. The molecule has 0 saturated carbocycles. The summed E-state index contributed by atoms with van der Waals surface area (Å²) in [5.74, 6) is 0.837. The van der Waals surface area contributed by atoms with Crippen molar-refractivity contribution in [3.63, 3.8) is 0 Å². The number of hydrogen-bond donors (Lipinski definition) is 2. The number of nitrogens with one attached hydrogen (secondary N) is 2. The number of thiophene rings is 1. The van der Waals surface area contributed by atoms with E-state index in [0.717, 1.165) is 24.8 Å². The van der Waals surface area contributed by atoms with Crippen LogP contribution in [-0.4, -0.2) is 25.5 Å². The van der Waals surface area contributed by atoms with Crippen LogP contribution in [-0.2, 0) is 17.6 Å². The highest BCUT2D eigenvalue weighted by atomic mass is 32.1. The first kappa shape index (κ1) is 17.5. The fraction of sp³-hybridized carbons (Fsp3) is 0.368. The smallest absolute Gasteiger partial charge is 0.262 e. The molecule has 0 unspecified atom stereocenters. The van der Waals surface area contributed by atoms with Gasteiger partial charge >= 0.3 is 0 Å². The van der Waals surface area contributed by atoms with E-state index >= 15 is 0 Å². The van der Waals surface area contributed by atoms with E-state index in [-0.39, 0.29) is 18.4 Å². The van der Waals surface area contributed by atoms with E-state index in [1.165, 1.54) is 16.2 Å². The molecule has 0 bridgehead atoms. The van der Waals surface area contributed by atoms with Crippen molar-refractivity contribution in [2.45, 2.75) is 26.2 Å². The predicted octanol–water partition coefficient (Wildman–Crippen LogP) is 3.25. The zero-order valence-electron chi connectivity index (χ0n) is 14.4. The summed E-state index contributed by atoms with van der Waals surface area (Å²) in [6.45, 7) is 2.13. The average molecular weight is 358 g/mol. The van der Waals surface area contributed by atoms with Crippen LogP contribution in [0.4, 0.5) is 5.00 Å². The molecule has 0 aliphatic heterocycles. The maximum Gasteiger partial charge on any atom is 0.262 e. The van der Waals surface area contributed by atoms with Crippen molar-refractivity contribution in [1.29, 1.82) is 0 Å². The number of rotatable bonds is 5. The minimum absolute atomic E-state index is 0.0871. The van der Waals surface area contributed by atoms with Crippen LogP contribution < -0.4 is 15.4 Å². The van der Waals surface area contributed by atoms with Crippen molar-refractivity contribution in [1.82, 2.24) is 5.32 Å². The Balaban J connectivity index is 1.75. The molecule has 2 amide bonds. The topological polar surface area (TPSA) is 67.4 Å². The van der Waals surface area contributed by atoms with Crippen LogP contribution >= 0.6 is 11.3 Å². The molecule has 1 heterocycles. The van der Waals surface area contributed by atoms with Gasteiger partial charge in [0.2, 0.25) is 0 Å². The van der Waals surface area contributed by atoms with Crippen molar-refractivity contribution in [2.75, 3.05) is 19.0 Å². The van der Waals surface area contributed by atoms with Gasteiger partial charge in [0, 0.05) is 11.9 Å². The van der Waals surface area contributed by atoms with Crippen LogP contribution in [0.25, 0.3) is 0 Å². The van der Waals surface area contributed by atoms with Crippen LogP contribution in [0, 0.1) is 5.92 Å². The Morgan fingerprint density at radius 2 is 2.04 bits per heavy atom. The number of carbonyl (C=O) groups excluding carboxylic acids is 2. The van der Waals surface area contributed by atoms with Gasteiger partial charge in [-0.1, -0.05) is 25.1 Å². The summed E-state index contributed by atoms with van der Waals surface area (Å²) in [7, 11) is 1.61. The largest absolute Gasteiger partial charge is 0.484 e. The summed E-state index contributed by atoms with van der Waals surface area (Å²) >= 11 is 1.51. The number of para-hydroxylation sites is 1. The fourth-order valence-corrected chi connectivity index (χ4v) is 4.46. The van der Waals surface area contributed by atoms with Gasteiger partial charge in [0.15, 0.2) is 6.61 Å². The van der Waals surface area contributed by atoms with E-state index in [2.05, 4.69) is 17.6 Å². The molecular weight excluding hydrogens is 336 g/mol. The summed E-state index contributed by atoms with van der Waals surface area (Å²) in [5, 5.41) is 6.17. The number of carbonyl (C=O) groups is 2. The molecule has 0 saturated heterocycles. The first-order chi connectivity index (χ1) is 12.1. The molecular formula is C19H22N2O3S. The Hall–Kier alpha value is -2.34. The highest BCUT2D eigenvalue weighted by molar-refractivity contribution is 7.17. The van der Waals surface area contributed by atoms with Crippen molar-refractivity contribution >= 4 is 28.2 Å². The van der Waals surface area contributed by atoms with Crippen LogP contribution in [0.2, 0.25) is 0 Å². The van der Waals surface area contributed by atoms with Gasteiger partial charge < -0.3 is 15.4 Å². The second-order valence-corrected chi connectivity index (χ2v) is 7.39. The van der Waals surface area contributed by atoms with Crippen molar-refractivity contribution in [3.8, 4) is 5.75 Å². The number of benzene rings is 1. The highest BCUT2D eigenvalue weighted by Gasteiger charge is 2.27. The van der Waals surface area contributed by atoms with Crippen molar-refractivity contribution in [3.05, 3.63) is 46.3 Å². The monoisotopic (exact) mass is 358 g/mol. The molecule has 2 N–H and O–H groups in total. The minimum Gasteiger partial charge on any atom is -0.484 e. The van der Waals surface area contributed by atoms with E-state index < -0.39 is 0 Å². The fourth-order valence-electron chi connectivity index (χ4n) is 3.03. The van der Waals surface area contributed by atoms with E-state index in [1.54, 1.807) is 19.2 Å². The minimum atomic E-state index is -0.263. The maximum absolute atomic E-state index is 12.3. The molecule has 1 aromatic heterocycles. The molecule has 1 aliphatic rings. The second-order valence-electron chi connectivity index (χ2n) is 6.28. The molecule has 1 aromatic carbocycles. The summed E-state index contributed by atoms with van der Waals surface area (Å²) in [4.78, 5) is 25.8. The third-order valence-corrected chi connectivity index (χ3v) is 5.50. The third kappa shape index (κ3) is 4.02. The van der Waals surface area contributed by atoms with E-state index in [1.807, 2.05) is 18.2 Å². The molecule has 3 rings (SSSR count). The molecule has 2 aromatic rings. The van der Waals surface area contributed by atoms with Gasteiger partial charge in [-0.2, -0.15) is 0 Å². The highest BCUT2D eigenvalue weighted by Crippen LogP contribution is 2.39. The number of anilines is 1. The molecule has 6 heteroatoms. The molecule has 25 heavy (non-hydrogen) atoms. The van der Waals surface area contributed by atoms with Gasteiger partial charge in [0.1, 0.15) is 10.8 Å².